The van der Waals surface area contributed by atoms with Gasteiger partial charge in [-0.3, -0.25) is 9.36 Å². The van der Waals surface area contributed by atoms with Crippen molar-refractivity contribution >= 4 is 16.9 Å². The lowest BCUT2D eigenvalue weighted by molar-refractivity contribution is -0.137. The number of benzene rings is 1. The summed E-state index contributed by atoms with van der Waals surface area (Å²) < 4.78 is 7.57. The van der Waals surface area contributed by atoms with E-state index >= 15 is 0 Å². The highest BCUT2D eigenvalue weighted by molar-refractivity contribution is 5.78. The highest BCUT2D eigenvalue weighted by Gasteiger charge is 2.31. The first-order chi connectivity index (χ1) is 15.2. The van der Waals surface area contributed by atoms with Gasteiger partial charge in [-0.2, -0.15) is 0 Å². The third kappa shape index (κ3) is 4.06. The first-order valence-electron chi connectivity index (χ1n) is 10.4. The predicted octanol–water partition coefficient (Wildman–Crippen LogP) is 3.33. The minimum absolute atomic E-state index is 0.0216. The van der Waals surface area contributed by atoms with Crippen molar-refractivity contribution < 1.29 is 9.53 Å². The largest absolute Gasteiger partial charge is 0.364 e. The molecule has 0 bridgehead atoms. The van der Waals surface area contributed by atoms with Crippen LogP contribution in [0, 0.1) is 6.92 Å². The molecule has 1 aromatic carbocycles. The van der Waals surface area contributed by atoms with Gasteiger partial charge < -0.3 is 14.6 Å². The average Bonchev–Trinajstić information content (AvgIpc) is 3.53. The molecule has 8 heteroatoms. The Kier molecular flexibility index (Phi) is 5.21. The summed E-state index contributed by atoms with van der Waals surface area (Å²) >= 11 is 0. The summed E-state index contributed by atoms with van der Waals surface area (Å²) in [7, 11) is 0. The Morgan fingerprint density at radius 2 is 2.19 bits per heavy atom. The van der Waals surface area contributed by atoms with E-state index in [1.54, 1.807) is 12.5 Å². The number of carbonyl (C=O) groups excluding carboxylic acids is 1. The monoisotopic (exact) mass is 416 g/mol. The van der Waals surface area contributed by atoms with Crippen molar-refractivity contribution in [3.8, 4) is 5.82 Å². The first-order valence-corrected chi connectivity index (χ1v) is 10.4. The van der Waals surface area contributed by atoms with Gasteiger partial charge in [0.05, 0.1) is 22.8 Å². The molecule has 5 rings (SSSR count). The number of aryl methyl sites for hydroxylation is 1. The maximum Gasteiger partial charge on any atom is 0.249 e. The molecular formula is C23H24N6O2. The minimum atomic E-state index is -0.0336. The van der Waals surface area contributed by atoms with Crippen molar-refractivity contribution in [2.75, 3.05) is 13.2 Å². The summed E-state index contributed by atoms with van der Waals surface area (Å²) in [6.45, 7) is 3.05. The van der Waals surface area contributed by atoms with Crippen molar-refractivity contribution in [3.63, 3.8) is 0 Å². The second-order valence-corrected chi connectivity index (χ2v) is 7.83. The number of nitrogens with zero attached hydrogens (tertiary/aromatic N) is 5. The number of pyridine rings is 1. The van der Waals surface area contributed by atoms with Crippen LogP contribution in [0.5, 0.6) is 0 Å². The lowest BCUT2D eigenvalue weighted by Crippen LogP contribution is -2.34. The quantitative estimate of drug-likeness (QED) is 0.521. The summed E-state index contributed by atoms with van der Waals surface area (Å²) in [5, 5.41) is 0. The number of aromatic nitrogens is 5. The molecule has 1 aliphatic heterocycles. The summed E-state index contributed by atoms with van der Waals surface area (Å²) in [6, 6.07) is 11.9. The highest BCUT2D eigenvalue weighted by Crippen LogP contribution is 2.31. The van der Waals surface area contributed by atoms with Crippen LogP contribution < -0.4 is 0 Å². The second kappa shape index (κ2) is 8.31. The fourth-order valence-electron chi connectivity index (χ4n) is 4.10. The zero-order chi connectivity index (χ0) is 21.2. The zero-order valence-electron chi connectivity index (χ0n) is 17.4. The van der Waals surface area contributed by atoms with Gasteiger partial charge in [-0.1, -0.05) is 12.1 Å². The van der Waals surface area contributed by atoms with Crippen LogP contribution >= 0.6 is 0 Å². The number of amides is 1. The Morgan fingerprint density at radius 3 is 3.06 bits per heavy atom. The molecular weight excluding hydrogens is 392 g/mol. The molecule has 158 valence electrons. The normalized spacial score (nSPS) is 16.3. The van der Waals surface area contributed by atoms with E-state index in [1.165, 1.54) is 5.56 Å². The summed E-state index contributed by atoms with van der Waals surface area (Å²) in [4.78, 5) is 31.4. The van der Waals surface area contributed by atoms with Crippen LogP contribution in [0.25, 0.3) is 16.9 Å². The predicted molar refractivity (Wildman–Crippen MR) is 116 cm³/mol. The average molecular weight is 416 g/mol. The number of H-pyrrole nitrogens is 1. The molecule has 4 heterocycles. The summed E-state index contributed by atoms with van der Waals surface area (Å²) in [5.74, 6) is 1.50. The molecule has 0 radical (unpaired) electrons. The number of hydrogen-bond acceptors (Lipinski definition) is 5. The van der Waals surface area contributed by atoms with Gasteiger partial charge >= 0.3 is 0 Å². The van der Waals surface area contributed by atoms with E-state index in [1.807, 2.05) is 52.9 Å². The second-order valence-electron chi connectivity index (χ2n) is 7.83. The topological polar surface area (TPSA) is 88.9 Å². The van der Waals surface area contributed by atoms with Gasteiger partial charge in [0, 0.05) is 18.9 Å². The summed E-state index contributed by atoms with van der Waals surface area (Å²) in [5.41, 5.74) is 3.95. The van der Waals surface area contributed by atoms with Crippen molar-refractivity contribution in [2.45, 2.75) is 32.4 Å². The number of carbonyl (C=O) groups is 1. The van der Waals surface area contributed by atoms with Gasteiger partial charge in [-0.15, -0.1) is 0 Å². The lowest BCUT2D eigenvalue weighted by Gasteiger charge is -2.24. The molecule has 1 aliphatic rings. The number of imidazole rings is 2. The molecule has 0 unspecified atom stereocenters. The molecule has 4 aromatic rings. The van der Waals surface area contributed by atoms with Crippen LogP contribution in [0.2, 0.25) is 0 Å². The van der Waals surface area contributed by atoms with Crippen molar-refractivity contribution in [1.82, 2.24) is 29.4 Å². The maximum absolute atomic E-state index is 12.9. The Bertz CT molecular complexity index is 1200. The van der Waals surface area contributed by atoms with Crippen LogP contribution in [0.1, 0.15) is 36.0 Å². The molecule has 0 saturated carbocycles. The van der Waals surface area contributed by atoms with E-state index in [0.717, 1.165) is 41.2 Å². The molecule has 0 spiro atoms. The number of fused-ring (bicyclic) bond motifs is 1. The first kappa shape index (κ1) is 19.4. The minimum Gasteiger partial charge on any atom is -0.364 e. The molecule has 8 nitrogen and oxygen atoms in total. The van der Waals surface area contributed by atoms with Crippen molar-refractivity contribution in [3.05, 3.63) is 72.2 Å². The molecule has 1 saturated heterocycles. The molecule has 1 N–H and O–H groups in total. The van der Waals surface area contributed by atoms with Crippen LogP contribution in [-0.2, 0) is 16.1 Å². The van der Waals surface area contributed by atoms with Crippen molar-refractivity contribution in [2.24, 2.45) is 0 Å². The smallest absolute Gasteiger partial charge is 0.249 e. The molecule has 1 amide bonds. The van der Waals surface area contributed by atoms with E-state index in [4.69, 9.17) is 9.72 Å². The van der Waals surface area contributed by atoms with Crippen LogP contribution in [0.4, 0.5) is 0 Å². The fraction of sp³-hybridized carbons (Fsp3) is 0.304. The van der Waals surface area contributed by atoms with E-state index in [-0.39, 0.29) is 25.2 Å². The Balaban J connectivity index is 1.23. The highest BCUT2D eigenvalue weighted by atomic mass is 16.5. The number of hydrogen-bond donors (Lipinski definition) is 1. The zero-order valence-corrected chi connectivity index (χ0v) is 17.4. The maximum atomic E-state index is 12.9. The van der Waals surface area contributed by atoms with Gasteiger partial charge in [0.15, 0.2) is 0 Å². The molecule has 0 aliphatic carbocycles. The third-order valence-corrected chi connectivity index (χ3v) is 5.59. The van der Waals surface area contributed by atoms with Crippen molar-refractivity contribution in [1.29, 1.82) is 0 Å². The fourth-order valence-corrected chi connectivity index (χ4v) is 4.10. The Hall–Kier alpha value is -3.52. The number of nitrogens with one attached hydrogen (secondary N) is 1. The molecule has 3 aromatic heterocycles. The Morgan fingerprint density at radius 1 is 1.26 bits per heavy atom. The summed E-state index contributed by atoms with van der Waals surface area (Å²) in [6.07, 6.45) is 7.15. The Labute approximate surface area is 179 Å². The van der Waals surface area contributed by atoms with Gasteiger partial charge in [-0.05, 0) is 49.6 Å². The van der Waals surface area contributed by atoms with Gasteiger partial charge in [-0.25, -0.2) is 15.0 Å². The number of likely N-dealkylation sites (tertiary alicyclic amines) is 1. The third-order valence-electron chi connectivity index (χ3n) is 5.59. The van der Waals surface area contributed by atoms with E-state index < -0.39 is 0 Å². The lowest BCUT2D eigenvalue weighted by atomic mass is 10.1. The van der Waals surface area contributed by atoms with E-state index in [0.29, 0.717) is 6.54 Å². The van der Waals surface area contributed by atoms with E-state index in [9.17, 15) is 4.79 Å². The standard InChI is InChI=1S/C23H24N6O2/c1-16-7-8-17-19(12-16)26-21(25-17)13-31-14-23(30)29-10-3-5-20(29)18-4-2-6-22(27-18)28-11-9-24-15-28/h2,4,6-9,11-12,15,20H,3,5,10,13-14H2,1H3,(H,25,26)/t20-/m0/s1. The SMILES string of the molecule is Cc1ccc2nc(COCC(=O)N3CCC[C@H]3c3cccc(-n4ccnc4)n3)[nH]c2c1. The molecule has 31 heavy (non-hydrogen) atoms. The molecule has 1 atom stereocenters. The van der Waals surface area contributed by atoms with Crippen LogP contribution in [0.3, 0.4) is 0 Å². The number of rotatable bonds is 6. The van der Waals surface area contributed by atoms with Gasteiger partial charge in [0.1, 0.15) is 31.2 Å². The van der Waals surface area contributed by atoms with Gasteiger partial charge in [0.2, 0.25) is 5.91 Å². The number of aromatic amines is 1. The molecule has 1 fully saturated rings. The van der Waals surface area contributed by atoms with Crippen LogP contribution in [0.15, 0.2) is 55.1 Å². The van der Waals surface area contributed by atoms with E-state index in [2.05, 4.69) is 21.0 Å². The number of ether oxygens (including phenoxy) is 1. The van der Waals surface area contributed by atoms with Gasteiger partial charge in [0.25, 0.3) is 0 Å². The van der Waals surface area contributed by atoms with Crippen LogP contribution in [-0.4, -0.2) is 48.5 Å².